The van der Waals surface area contributed by atoms with Crippen LogP contribution in [0, 0.1) is 13.8 Å². The molecule has 0 bridgehead atoms. The molecule has 30 heavy (non-hydrogen) atoms. The van der Waals surface area contributed by atoms with Gasteiger partial charge in [0.25, 0.3) is 11.8 Å². The zero-order chi connectivity index (χ0) is 21.3. The molecule has 2 aromatic rings. The fourth-order valence-corrected chi connectivity index (χ4v) is 5.22. The van der Waals surface area contributed by atoms with Gasteiger partial charge in [-0.2, -0.15) is 0 Å². The third kappa shape index (κ3) is 4.04. The summed E-state index contributed by atoms with van der Waals surface area (Å²) in [6, 6.07) is 16.0. The molecule has 2 amide bonds. The van der Waals surface area contributed by atoms with E-state index >= 15 is 0 Å². The normalized spacial score (nSPS) is 17.8. The molecule has 1 heterocycles. The van der Waals surface area contributed by atoms with Gasteiger partial charge in [-0.25, -0.2) is 4.90 Å². The van der Waals surface area contributed by atoms with E-state index in [1.165, 1.54) is 41.5 Å². The molecular formula is C25H28N2O2S. The van der Waals surface area contributed by atoms with E-state index in [-0.39, 0.29) is 11.8 Å². The maximum absolute atomic E-state index is 13.5. The smallest absolute Gasteiger partial charge is 0.283 e. The van der Waals surface area contributed by atoms with Crippen LogP contribution in [0.3, 0.4) is 0 Å². The number of likely N-dealkylation sites (N-methyl/N-ethyl adjacent to an activating group) is 1. The van der Waals surface area contributed by atoms with Crippen LogP contribution in [0.15, 0.2) is 64.0 Å². The highest BCUT2D eigenvalue weighted by molar-refractivity contribution is 8.04. The van der Waals surface area contributed by atoms with Crippen LogP contribution in [0.2, 0.25) is 0 Å². The van der Waals surface area contributed by atoms with Crippen LogP contribution in [0.1, 0.15) is 43.2 Å². The van der Waals surface area contributed by atoms with Gasteiger partial charge >= 0.3 is 0 Å². The van der Waals surface area contributed by atoms with Gasteiger partial charge in [-0.05, 0) is 51.0 Å². The minimum absolute atomic E-state index is 0.216. The molecule has 1 aliphatic carbocycles. The van der Waals surface area contributed by atoms with E-state index in [2.05, 4.69) is 4.90 Å². The van der Waals surface area contributed by atoms with Crippen molar-refractivity contribution in [2.24, 2.45) is 0 Å². The van der Waals surface area contributed by atoms with Crippen molar-refractivity contribution in [3.8, 4) is 0 Å². The van der Waals surface area contributed by atoms with E-state index in [1.807, 2.05) is 69.4 Å². The van der Waals surface area contributed by atoms with Crippen molar-refractivity contribution < 1.29 is 9.59 Å². The Kier molecular flexibility index (Phi) is 6.00. The number of amides is 2. The van der Waals surface area contributed by atoms with Gasteiger partial charge in [0.1, 0.15) is 10.6 Å². The standard InChI is InChI=1S/C25H28N2O2S/c1-17-9-13-20(14-10-17)27-24(28)22(26(3)19-7-5-4-6-8-19)23(25(27)29)30-21-15-11-18(2)12-16-21/h9-16,19H,4-8H2,1-3H3. The van der Waals surface area contributed by atoms with Gasteiger partial charge in [0.2, 0.25) is 0 Å². The largest absolute Gasteiger partial charge is 0.366 e. The summed E-state index contributed by atoms with van der Waals surface area (Å²) in [6.45, 7) is 4.04. The Balaban J connectivity index is 1.72. The average molecular weight is 421 g/mol. The Morgan fingerprint density at radius 2 is 1.40 bits per heavy atom. The number of rotatable bonds is 5. The predicted octanol–water partition coefficient (Wildman–Crippen LogP) is 5.45. The van der Waals surface area contributed by atoms with Gasteiger partial charge in [0.15, 0.2) is 0 Å². The zero-order valence-electron chi connectivity index (χ0n) is 17.9. The summed E-state index contributed by atoms with van der Waals surface area (Å²) in [5.74, 6) is -0.446. The number of anilines is 1. The molecule has 156 valence electrons. The van der Waals surface area contributed by atoms with E-state index in [9.17, 15) is 9.59 Å². The Bertz CT molecular complexity index is 973. The first kappa shape index (κ1) is 20.7. The Morgan fingerprint density at radius 3 is 2.00 bits per heavy atom. The van der Waals surface area contributed by atoms with Crippen LogP contribution in [0.25, 0.3) is 0 Å². The molecule has 5 heteroatoms. The summed E-state index contributed by atoms with van der Waals surface area (Å²) in [4.78, 5) is 31.9. The Hall–Kier alpha value is -2.53. The number of thioether (sulfide) groups is 1. The fourth-order valence-electron chi connectivity index (χ4n) is 4.20. The van der Waals surface area contributed by atoms with Crippen molar-refractivity contribution in [2.75, 3.05) is 11.9 Å². The Morgan fingerprint density at radius 1 is 0.833 bits per heavy atom. The lowest BCUT2D eigenvalue weighted by molar-refractivity contribution is -0.121. The molecular weight excluding hydrogens is 392 g/mol. The van der Waals surface area contributed by atoms with Crippen LogP contribution < -0.4 is 4.90 Å². The Labute approximate surface area is 182 Å². The zero-order valence-corrected chi connectivity index (χ0v) is 18.7. The minimum atomic E-state index is -0.230. The van der Waals surface area contributed by atoms with Crippen molar-refractivity contribution in [3.05, 3.63) is 70.3 Å². The van der Waals surface area contributed by atoms with E-state index < -0.39 is 0 Å². The maximum Gasteiger partial charge on any atom is 0.283 e. The highest BCUT2D eigenvalue weighted by Crippen LogP contribution is 2.40. The first-order chi connectivity index (χ1) is 14.5. The molecule has 0 atom stereocenters. The second kappa shape index (κ2) is 8.68. The number of hydrogen-bond acceptors (Lipinski definition) is 4. The third-order valence-corrected chi connectivity index (χ3v) is 7.11. The van der Waals surface area contributed by atoms with Crippen LogP contribution in [-0.2, 0) is 9.59 Å². The summed E-state index contributed by atoms with van der Waals surface area (Å²) < 4.78 is 0. The molecule has 1 aliphatic heterocycles. The molecule has 0 aromatic heterocycles. The van der Waals surface area contributed by atoms with Crippen molar-refractivity contribution >= 4 is 29.3 Å². The predicted molar refractivity (Wildman–Crippen MR) is 122 cm³/mol. The number of hydrogen-bond donors (Lipinski definition) is 0. The summed E-state index contributed by atoms with van der Waals surface area (Å²) in [6.07, 6.45) is 5.72. The maximum atomic E-state index is 13.5. The molecule has 1 saturated carbocycles. The van der Waals surface area contributed by atoms with E-state index in [1.54, 1.807) is 0 Å². The number of nitrogens with zero attached hydrogens (tertiary/aromatic N) is 2. The molecule has 2 aromatic carbocycles. The lowest BCUT2D eigenvalue weighted by atomic mass is 9.94. The summed E-state index contributed by atoms with van der Waals surface area (Å²) in [7, 11) is 1.98. The van der Waals surface area contributed by atoms with Gasteiger partial charge in [-0.1, -0.05) is 66.4 Å². The number of imide groups is 1. The van der Waals surface area contributed by atoms with Crippen molar-refractivity contribution in [1.82, 2.24) is 4.90 Å². The lowest BCUT2D eigenvalue weighted by Crippen LogP contribution is -2.38. The molecule has 4 rings (SSSR count). The number of aryl methyl sites for hydroxylation is 2. The summed E-state index contributed by atoms with van der Waals surface area (Å²) in [5, 5.41) is 0. The van der Waals surface area contributed by atoms with Crippen molar-refractivity contribution in [3.63, 3.8) is 0 Å². The van der Waals surface area contributed by atoms with Crippen LogP contribution in [0.5, 0.6) is 0 Å². The van der Waals surface area contributed by atoms with Gasteiger partial charge in [-0.15, -0.1) is 0 Å². The molecule has 0 unspecified atom stereocenters. The monoisotopic (exact) mass is 420 g/mol. The first-order valence-electron chi connectivity index (χ1n) is 10.6. The minimum Gasteiger partial charge on any atom is -0.366 e. The second-order valence-electron chi connectivity index (χ2n) is 8.28. The molecule has 0 N–H and O–H groups in total. The lowest BCUT2D eigenvalue weighted by Gasteiger charge is -2.33. The van der Waals surface area contributed by atoms with Gasteiger partial charge in [-0.3, -0.25) is 9.59 Å². The van der Waals surface area contributed by atoms with Gasteiger partial charge in [0, 0.05) is 18.0 Å². The molecule has 4 nitrogen and oxygen atoms in total. The SMILES string of the molecule is Cc1ccc(SC2=C(N(C)C3CCCCC3)C(=O)N(c3ccc(C)cc3)C2=O)cc1. The van der Waals surface area contributed by atoms with E-state index in [4.69, 9.17) is 0 Å². The van der Waals surface area contributed by atoms with Gasteiger partial charge in [0.05, 0.1) is 5.69 Å². The average Bonchev–Trinajstić information content (AvgIpc) is 3.00. The van der Waals surface area contributed by atoms with Crippen LogP contribution in [-0.4, -0.2) is 29.8 Å². The molecule has 2 aliphatic rings. The summed E-state index contributed by atoms with van der Waals surface area (Å²) >= 11 is 1.40. The number of benzene rings is 2. The van der Waals surface area contributed by atoms with E-state index in [0.717, 1.165) is 23.3 Å². The van der Waals surface area contributed by atoms with Crippen LogP contribution >= 0.6 is 11.8 Å². The third-order valence-electron chi connectivity index (χ3n) is 6.03. The molecule has 1 fully saturated rings. The second-order valence-corrected chi connectivity index (χ2v) is 9.36. The fraction of sp³-hybridized carbons (Fsp3) is 0.360. The van der Waals surface area contributed by atoms with E-state index in [0.29, 0.717) is 22.3 Å². The number of carbonyl (C=O) groups is 2. The number of carbonyl (C=O) groups excluding carboxylic acids is 2. The highest BCUT2D eigenvalue weighted by atomic mass is 32.2. The topological polar surface area (TPSA) is 40.6 Å². The molecule has 0 saturated heterocycles. The van der Waals surface area contributed by atoms with Crippen molar-refractivity contribution in [1.29, 1.82) is 0 Å². The quantitative estimate of drug-likeness (QED) is 0.604. The van der Waals surface area contributed by atoms with Crippen molar-refractivity contribution in [2.45, 2.75) is 56.9 Å². The first-order valence-corrected chi connectivity index (χ1v) is 11.4. The summed E-state index contributed by atoms with van der Waals surface area (Å²) in [5.41, 5.74) is 3.44. The highest BCUT2D eigenvalue weighted by Gasteiger charge is 2.43. The van der Waals surface area contributed by atoms with Gasteiger partial charge < -0.3 is 4.90 Å². The molecule has 0 radical (unpaired) electrons. The van der Waals surface area contributed by atoms with Crippen LogP contribution in [0.4, 0.5) is 5.69 Å². The molecule has 0 spiro atoms.